The zero-order valence-corrected chi connectivity index (χ0v) is 15.1. The Bertz CT molecular complexity index is 515. The van der Waals surface area contributed by atoms with E-state index in [0.29, 0.717) is 17.2 Å². The molecular formula is C18H29N3S. The predicted molar refractivity (Wildman–Crippen MR) is 99.6 cm³/mol. The molecule has 1 fully saturated rings. The van der Waals surface area contributed by atoms with Gasteiger partial charge in [-0.15, -0.1) is 0 Å². The summed E-state index contributed by atoms with van der Waals surface area (Å²) in [5, 5.41) is 7.41. The van der Waals surface area contributed by atoms with Crippen molar-refractivity contribution in [1.29, 1.82) is 0 Å². The van der Waals surface area contributed by atoms with Gasteiger partial charge in [-0.25, -0.2) is 0 Å². The Morgan fingerprint density at radius 2 is 2.14 bits per heavy atom. The van der Waals surface area contributed by atoms with Crippen molar-refractivity contribution in [3.63, 3.8) is 0 Å². The Morgan fingerprint density at radius 1 is 1.36 bits per heavy atom. The smallest absolute Gasteiger partial charge is 0.170 e. The molecule has 0 amide bonds. The van der Waals surface area contributed by atoms with Crippen LogP contribution in [0.4, 0.5) is 5.69 Å². The third-order valence-corrected chi connectivity index (χ3v) is 4.87. The molecule has 2 N–H and O–H groups in total. The lowest BCUT2D eigenvalue weighted by atomic mass is 10.0. The summed E-state index contributed by atoms with van der Waals surface area (Å²) in [7, 11) is 0. The predicted octanol–water partition coefficient (Wildman–Crippen LogP) is 3.85. The number of anilines is 1. The molecule has 1 saturated heterocycles. The first-order valence-electron chi connectivity index (χ1n) is 8.35. The average Bonchev–Trinajstić information content (AvgIpc) is 2.49. The van der Waals surface area contributed by atoms with Gasteiger partial charge >= 0.3 is 0 Å². The van der Waals surface area contributed by atoms with Crippen LogP contribution in [0.15, 0.2) is 18.2 Å². The van der Waals surface area contributed by atoms with Gasteiger partial charge in [0.2, 0.25) is 0 Å². The number of piperidine rings is 1. The molecule has 22 heavy (non-hydrogen) atoms. The molecule has 0 spiro atoms. The van der Waals surface area contributed by atoms with Gasteiger partial charge in [-0.05, 0) is 76.5 Å². The molecular weight excluding hydrogens is 290 g/mol. The van der Waals surface area contributed by atoms with Crippen LogP contribution in [0.3, 0.4) is 0 Å². The molecule has 0 saturated carbocycles. The number of thiocarbonyl (C=S) groups is 1. The van der Waals surface area contributed by atoms with Crippen LogP contribution in [-0.4, -0.2) is 35.2 Å². The third kappa shape index (κ3) is 4.68. The summed E-state index contributed by atoms with van der Waals surface area (Å²) in [6.07, 6.45) is 4.00. The fourth-order valence-electron chi connectivity index (χ4n) is 3.17. The number of likely N-dealkylation sites (tertiary alicyclic amines) is 1. The van der Waals surface area contributed by atoms with Crippen molar-refractivity contribution in [2.75, 3.05) is 18.4 Å². The molecule has 1 aromatic carbocycles. The second-order valence-electron chi connectivity index (χ2n) is 6.59. The van der Waals surface area contributed by atoms with Gasteiger partial charge < -0.3 is 10.6 Å². The molecule has 1 heterocycles. The van der Waals surface area contributed by atoms with E-state index in [1.54, 1.807) is 0 Å². The number of benzene rings is 1. The molecule has 0 aromatic heterocycles. The van der Waals surface area contributed by atoms with Crippen molar-refractivity contribution in [1.82, 2.24) is 10.2 Å². The first-order chi connectivity index (χ1) is 10.5. The van der Waals surface area contributed by atoms with Crippen molar-refractivity contribution < 1.29 is 0 Å². The second kappa shape index (κ2) is 7.93. The van der Waals surface area contributed by atoms with E-state index < -0.39 is 0 Å². The van der Waals surface area contributed by atoms with Crippen LogP contribution in [-0.2, 0) is 0 Å². The lowest BCUT2D eigenvalue weighted by molar-refractivity contribution is 0.116. The minimum Gasteiger partial charge on any atom is -0.361 e. The van der Waals surface area contributed by atoms with Gasteiger partial charge in [0.25, 0.3) is 0 Å². The Morgan fingerprint density at radius 3 is 2.86 bits per heavy atom. The van der Waals surface area contributed by atoms with Crippen LogP contribution in [0.5, 0.6) is 0 Å². The molecule has 1 aliphatic rings. The maximum atomic E-state index is 5.45. The van der Waals surface area contributed by atoms with Crippen molar-refractivity contribution in [3.05, 3.63) is 29.3 Å². The fourth-order valence-corrected chi connectivity index (χ4v) is 3.36. The van der Waals surface area contributed by atoms with E-state index in [-0.39, 0.29) is 0 Å². The van der Waals surface area contributed by atoms with E-state index in [1.807, 2.05) is 0 Å². The maximum absolute atomic E-state index is 5.45. The van der Waals surface area contributed by atoms with Gasteiger partial charge in [0.05, 0.1) is 0 Å². The summed E-state index contributed by atoms with van der Waals surface area (Å²) in [6, 6.07) is 7.58. The first-order valence-corrected chi connectivity index (χ1v) is 8.76. The fraction of sp³-hybridized carbons (Fsp3) is 0.611. The highest BCUT2D eigenvalue weighted by molar-refractivity contribution is 7.80. The number of rotatable bonds is 4. The zero-order valence-electron chi connectivity index (χ0n) is 14.3. The number of nitrogens with one attached hydrogen (secondary N) is 2. The van der Waals surface area contributed by atoms with E-state index in [4.69, 9.17) is 12.2 Å². The number of aryl methyl sites for hydroxylation is 2. The van der Waals surface area contributed by atoms with E-state index in [1.165, 1.54) is 36.9 Å². The van der Waals surface area contributed by atoms with E-state index >= 15 is 0 Å². The van der Waals surface area contributed by atoms with Gasteiger partial charge in [0.1, 0.15) is 0 Å². The van der Waals surface area contributed by atoms with Crippen molar-refractivity contribution in [3.8, 4) is 0 Å². The highest BCUT2D eigenvalue weighted by atomic mass is 32.1. The summed E-state index contributed by atoms with van der Waals surface area (Å²) in [4.78, 5) is 2.59. The van der Waals surface area contributed by atoms with Crippen LogP contribution in [0.1, 0.15) is 44.2 Å². The molecule has 1 aliphatic heterocycles. The Kier molecular flexibility index (Phi) is 6.21. The molecule has 0 radical (unpaired) electrons. The van der Waals surface area contributed by atoms with Gasteiger partial charge in [0, 0.05) is 24.3 Å². The highest BCUT2D eigenvalue weighted by Gasteiger charge is 2.22. The second-order valence-corrected chi connectivity index (χ2v) is 6.99. The average molecular weight is 320 g/mol. The Hall–Kier alpha value is -1.13. The molecule has 0 bridgehead atoms. The summed E-state index contributed by atoms with van der Waals surface area (Å²) in [5.74, 6) is 0. The third-order valence-electron chi connectivity index (χ3n) is 4.62. The first kappa shape index (κ1) is 17.2. The maximum Gasteiger partial charge on any atom is 0.170 e. The summed E-state index contributed by atoms with van der Waals surface area (Å²) < 4.78 is 0. The summed E-state index contributed by atoms with van der Waals surface area (Å²) >= 11 is 5.45. The molecule has 2 rings (SSSR count). The van der Waals surface area contributed by atoms with Crippen molar-refractivity contribution in [2.24, 2.45) is 0 Å². The van der Waals surface area contributed by atoms with Gasteiger partial charge in [-0.3, -0.25) is 4.90 Å². The van der Waals surface area contributed by atoms with Crippen LogP contribution in [0.25, 0.3) is 0 Å². The lowest BCUT2D eigenvalue weighted by Gasteiger charge is -2.38. The Balaban J connectivity index is 1.83. The molecule has 122 valence electrons. The molecule has 1 aromatic rings. The molecule has 4 heteroatoms. The Labute approximate surface area is 140 Å². The highest BCUT2D eigenvalue weighted by Crippen LogP contribution is 2.19. The van der Waals surface area contributed by atoms with Gasteiger partial charge in [0.15, 0.2) is 5.11 Å². The topological polar surface area (TPSA) is 27.3 Å². The van der Waals surface area contributed by atoms with Gasteiger partial charge in [-0.2, -0.15) is 0 Å². The minimum atomic E-state index is 0.508. The van der Waals surface area contributed by atoms with Crippen molar-refractivity contribution >= 4 is 23.0 Å². The summed E-state index contributed by atoms with van der Waals surface area (Å²) in [6.45, 7) is 10.9. The van der Waals surface area contributed by atoms with Gasteiger partial charge in [-0.1, -0.05) is 18.6 Å². The quantitative estimate of drug-likeness (QED) is 0.824. The normalized spacial score (nSPS) is 20.5. The van der Waals surface area contributed by atoms with Crippen LogP contribution in [0.2, 0.25) is 0 Å². The van der Waals surface area contributed by atoms with E-state index in [9.17, 15) is 0 Å². The number of hydrogen-bond donors (Lipinski definition) is 2. The van der Waals surface area contributed by atoms with Crippen LogP contribution in [0, 0.1) is 13.8 Å². The number of hydrogen-bond acceptors (Lipinski definition) is 2. The number of nitrogens with zero attached hydrogens (tertiary/aromatic N) is 1. The van der Waals surface area contributed by atoms with E-state index in [2.05, 4.69) is 61.4 Å². The summed E-state index contributed by atoms with van der Waals surface area (Å²) in [5.41, 5.74) is 3.55. The SMILES string of the molecule is Cc1ccc(C)c(NC(=S)NCC(C)N2CCCCC2C)c1. The zero-order chi connectivity index (χ0) is 16.1. The minimum absolute atomic E-state index is 0.508. The van der Waals surface area contributed by atoms with Crippen LogP contribution >= 0.6 is 12.2 Å². The largest absolute Gasteiger partial charge is 0.361 e. The standard InChI is InChI=1S/C18H29N3S/c1-13-8-9-14(2)17(11-13)20-18(22)19-12-16(4)21-10-6-5-7-15(21)3/h8-9,11,15-16H,5-7,10,12H2,1-4H3,(H2,19,20,22). The lowest BCUT2D eigenvalue weighted by Crippen LogP contribution is -2.49. The molecule has 2 unspecified atom stereocenters. The van der Waals surface area contributed by atoms with E-state index in [0.717, 1.165) is 12.2 Å². The molecule has 2 atom stereocenters. The molecule has 0 aliphatic carbocycles. The monoisotopic (exact) mass is 319 g/mol. The van der Waals surface area contributed by atoms with Crippen LogP contribution < -0.4 is 10.6 Å². The van der Waals surface area contributed by atoms with Crippen molar-refractivity contribution in [2.45, 2.75) is 59.0 Å². The molecule has 3 nitrogen and oxygen atoms in total.